The monoisotopic (exact) mass is 1570 g/mol. The Balaban J connectivity index is 0.000000155. The van der Waals surface area contributed by atoms with E-state index in [0.29, 0.717) is 54.0 Å². The normalized spacial score (nSPS) is 33.6. The zero-order valence-electron chi connectivity index (χ0n) is 76.1. The fourth-order valence-electron chi connectivity index (χ4n) is 23.3. The van der Waals surface area contributed by atoms with Gasteiger partial charge in [-0.05, 0) is 388 Å². The van der Waals surface area contributed by atoms with E-state index in [1.807, 2.05) is 111 Å². The van der Waals surface area contributed by atoms with Crippen LogP contribution < -0.4 is 0 Å². The number of fused-ring (bicyclic) bond motifs is 15. The Morgan fingerprint density at radius 1 is 0.330 bits per heavy atom. The molecule has 10 saturated carbocycles. The summed E-state index contributed by atoms with van der Waals surface area (Å²) in [4.78, 5) is 74.3. The molecule has 0 radical (unpaired) electrons. The van der Waals surface area contributed by atoms with E-state index in [4.69, 9.17) is 37.9 Å². The highest BCUT2D eigenvalue weighted by Gasteiger charge is 2.68. The van der Waals surface area contributed by atoms with E-state index >= 15 is 0 Å². The molecule has 14 rings (SSSR count). The molecule has 0 spiro atoms. The van der Waals surface area contributed by atoms with Crippen molar-refractivity contribution in [3.05, 3.63) is 0 Å². The second-order valence-electron chi connectivity index (χ2n) is 43.5. The molecule has 4 aliphatic heterocycles. The first-order valence-corrected chi connectivity index (χ1v) is 47.2. The van der Waals surface area contributed by atoms with E-state index in [1.54, 1.807) is 0 Å². The van der Waals surface area contributed by atoms with Crippen LogP contribution in [0.5, 0.6) is 0 Å². The van der Waals surface area contributed by atoms with Gasteiger partial charge in [-0.25, -0.2) is 0 Å². The molecule has 16 unspecified atom stereocenters. The molecule has 14 heteroatoms. The number of carbonyl (C=O) groups is 6. The summed E-state index contributed by atoms with van der Waals surface area (Å²) in [5.41, 5.74) is -3.22. The average molecular weight is 1570 g/mol. The molecule has 644 valence electrons. The maximum Gasteiger partial charge on any atom is 0.312 e. The van der Waals surface area contributed by atoms with Crippen LogP contribution >= 0.6 is 0 Å². The number of hydrogen-bond acceptors (Lipinski definition) is 14. The SMILES string of the molecule is CCC(C)(C)C(=O)OC(C)(C)C1CC2CCC1O2.CCC(C)(C)C(=O)OC1(C2CC3CCC2O3)CCCC1.CCC(C)(C)C(=O)OC1(C2CCCCC2)CCCC1.CCC(C)(C)C(=O)OC1(CC)CC2CC1C1C3CCC(C3)C21.CCC(C)(C)C(=O)OC1(CC)CC2CCC1C2.CCC1(OC(=O)C(C)(C)CC)CCCCC1. The van der Waals surface area contributed by atoms with Gasteiger partial charge in [-0.2, -0.15) is 0 Å². The highest BCUT2D eigenvalue weighted by atomic mass is 16.6. The molecule has 14 aliphatic rings. The highest BCUT2D eigenvalue weighted by Crippen LogP contribution is 2.71. The standard InChI is InChI=1S/C20H32O2.C17H28O3.C17H30O2.C15H26O3.C15H26O2.C14H26O2/c1-5-19(3,4)18(21)22-20(6-2)11-14-10-15(20)17-13-8-7-12(9-13)16(14)17;1-4-16(2,3)15(18)20-17(9-5-6-10-17)13-11-12-7-8-14(13)19-12;1-4-16(2,3)15(18)19-17(12-8-9-13-17)14-10-6-5-7-11-14;1-6-14(2,3)13(16)18-15(4,5)11-9-10-7-8-12(11)17-10;1-5-14(3,4)13(16)17-15(6-2)10-11-7-8-12(15)9-11;1-5-13(3,4)12(15)16-14(6-2)10-8-7-9-11-14/h12-17H,5-11H2,1-4H3;12-14H,4-11H2,1-3H3;14H,4-13H2,1-3H3;10-12H,6-9H2,1-5H3;11-12H,5-10H2,1-4H3;5-11H2,1-4H3. The minimum Gasteiger partial charge on any atom is -0.459 e. The number of carbonyl (C=O) groups excluding carboxylic acids is 6. The molecule has 0 N–H and O–H groups in total. The van der Waals surface area contributed by atoms with Gasteiger partial charge in [0.25, 0.3) is 0 Å². The lowest BCUT2D eigenvalue weighted by molar-refractivity contribution is -0.183. The molecule has 4 heterocycles. The molecule has 4 saturated heterocycles. The Hall–Kier alpha value is -3.26. The lowest BCUT2D eigenvalue weighted by Gasteiger charge is -2.46. The smallest absolute Gasteiger partial charge is 0.312 e. The van der Waals surface area contributed by atoms with Gasteiger partial charge < -0.3 is 37.9 Å². The van der Waals surface area contributed by atoms with Gasteiger partial charge in [-0.15, -0.1) is 0 Å². The van der Waals surface area contributed by atoms with Gasteiger partial charge in [-0.1, -0.05) is 88.0 Å². The zero-order chi connectivity index (χ0) is 82.5. The van der Waals surface area contributed by atoms with Crippen molar-refractivity contribution >= 4 is 35.8 Å². The van der Waals surface area contributed by atoms with Crippen molar-refractivity contribution in [2.24, 2.45) is 97.6 Å². The molecular formula is C98H168O14. The lowest BCUT2D eigenvalue weighted by Crippen LogP contribution is -2.49. The fourth-order valence-corrected chi connectivity index (χ4v) is 23.3. The van der Waals surface area contributed by atoms with Crippen molar-refractivity contribution in [1.82, 2.24) is 0 Å². The topological polar surface area (TPSA) is 176 Å². The summed E-state index contributed by atoms with van der Waals surface area (Å²) in [7, 11) is 0. The first-order chi connectivity index (χ1) is 52.5. The maximum atomic E-state index is 12.7. The fraction of sp³-hybridized carbons (Fsp3) is 0.939. The molecule has 112 heavy (non-hydrogen) atoms. The lowest BCUT2D eigenvalue weighted by atomic mass is 9.65. The predicted octanol–water partition coefficient (Wildman–Crippen LogP) is 24.8. The van der Waals surface area contributed by atoms with E-state index in [-0.39, 0.29) is 90.9 Å². The van der Waals surface area contributed by atoms with Crippen LogP contribution in [0.1, 0.15) is 429 Å². The van der Waals surface area contributed by atoms with Gasteiger partial charge in [0.15, 0.2) is 0 Å². The average Bonchev–Trinajstić information content (AvgIpc) is 1.53. The molecule has 10 bridgehead atoms. The second-order valence-corrected chi connectivity index (χ2v) is 43.5. The first-order valence-electron chi connectivity index (χ1n) is 47.2. The van der Waals surface area contributed by atoms with E-state index in [2.05, 4.69) is 48.5 Å². The minimum absolute atomic E-state index is 0.00870. The van der Waals surface area contributed by atoms with Crippen LogP contribution in [0.15, 0.2) is 0 Å². The van der Waals surface area contributed by atoms with Crippen LogP contribution in [-0.2, 0) is 66.7 Å². The molecular weight excluding hydrogens is 1400 g/mol. The van der Waals surface area contributed by atoms with Gasteiger partial charge >= 0.3 is 35.8 Å². The van der Waals surface area contributed by atoms with E-state index in [9.17, 15) is 28.8 Å². The zero-order valence-corrected chi connectivity index (χ0v) is 76.1. The van der Waals surface area contributed by atoms with Crippen molar-refractivity contribution in [2.45, 2.75) is 487 Å². The van der Waals surface area contributed by atoms with Gasteiger partial charge in [0, 0.05) is 17.8 Å². The summed E-state index contributed by atoms with van der Waals surface area (Å²) >= 11 is 0. The van der Waals surface area contributed by atoms with Gasteiger partial charge in [0.1, 0.15) is 33.6 Å². The van der Waals surface area contributed by atoms with Crippen LogP contribution in [0.25, 0.3) is 0 Å². The van der Waals surface area contributed by atoms with Crippen LogP contribution in [0, 0.1) is 97.6 Å². The minimum atomic E-state index is -0.413. The molecule has 10 aliphatic carbocycles. The number of ether oxygens (including phenoxy) is 8. The summed E-state index contributed by atoms with van der Waals surface area (Å²) in [6, 6.07) is 0. The van der Waals surface area contributed by atoms with E-state index < -0.39 is 11.0 Å². The Labute approximate surface area is 683 Å². The van der Waals surface area contributed by atoms with E-state index in [1.165, 1.54) is 135 Å². The molecule has 16 atom stereocenters. The molecule has 0 amide bonds. The van der Waals surface area contributed by atoms with Crippen molar-refractivity contribution in [3.63, 3.8) is 0 Å². The van der Waals surface area contributed by atoms with Crippen LogP contribution in [-0.4, -0.2) is 93.8 Å². The largest absolute Gasteiger partial charge is 0.459 e. The maximum absolute atomic E-state index is 12.7. The van der Waals surface area contributed by atoms with Crippen LogP contribution in [0.2, 0.25) is 0 Å². The van der Waals surface area contributed by atoms with Crippen molar-refractivity contribution < 1.29 is 66.7 Å². The van der Waals surface area contributed by atoms with Crippen molar-refractivity contribution in [1.29, 1.82) is 0 Å². The third-order valence-corrected chi connectivity index (χ3v) is 33.9. The number of rotatable bonds is 24. The first kappa shape index (κ1) is 92.6. The van der Waals surface area contributed by atoms with Crippen molar-refractivity contribution in [3.8, 4) is 0 Å². The molecule has 0 aromatic rings. The van der Waals surface area contributed by atoms with Gasteiger partial charge in [-0.3, -0.25) is 28.8 Å². The summed E-state index contributed by atoms with van der Waals surface area (Å²) in [6.07, 6.45) is 49.6. The number of hydrogen-bond donors (Lipinski definition) is 0. The van der Waals surface area contributed by atoms with Gasteiger partial charge in [0.05, 0.1) is 56.9 Å². The van der Waals surface area contributed by atoms with E-state index in [0.717, 1.165) is 170 Å². The quantitative estimate of drug-likeness (QED) is 0.0507. The Morgan fingerprint density at radius 2 is 0.759 bits per heavy atom. The molecule has 0 aromatic heterocycles. The molecule has 14 nitrogen and oxygen atoms in total. The number of esters is 6. The third-order valence-electron chi connectivity index (χ3n) is 33.9. The van der Waals surface area contributed by atoms with Crippen LogP contribution in [0.4, 0.5) is 0 Å². The molecule has 14 fully saturated rings. The predicted molar refractivity (Wildman–Crippen MR) is 448 cm³/mol. The summed E-state index contributed by atoms with van der Waals surface area (Å²) < 4.78 is 48.2. The third kappa shape index (κ3) is 20.4. The van der Waals surface area contributed by atoms with Crippen molar-refractivity contribution in [2.75, 3.05) is 0 Å². The summed E-state index contributed by atoms with van der Waals surface area (Å²) in [5, 5.41) is 0. The van der Waals surface area contributed by atoms with Crippen LogP contribution in [0.3, 0.4) is 0 Å². The Bertz CT molecular complexity index is 3090. The Morgan fingerprint density at radius 3 is 1.19 bits per heavy atom. The summed E-state index contributed by atoms with van der Waals surface area (Å²) in [5.74, 6) is 8.21. The molecule has 0 aromatic carbocycles. The summed E-state index contributed by atoms with van der Waals surface area (Å²) in [6.45, 7) is 46.9. The van der Waals surface area contributed by atoms with Gasteiger partial charge in [0.2, 0.25) is 0 Å². The Kier molecular flexibility index (Phi) is 30.7. The second kappa shape index (κ2) is 37.2. The highest BCUT2D eigenvalue weighted by molar-refractivity contribution is 5.79.